The predicted octanol–water partition coefficient (Wildman–Crippen LogP) is 3.66. The van der Waals surface area contributed by atoms with Crippen LogP contribution in [0.15, 0.2) is 22.7 Å². The topological polar surface area (TPSA) is 42.2 Å². The van der Waals surface area contributed by atoms with Crippen molar-refractivity contribution in [2.24, 2.45) is 0 Å². The molecule has 2 aromatic rings. The molecule has 0 aliphatic carbocycles. The summed E-state index contributed by atoms with van der Waals surface area (Å²) in [6, 6.07) is 3.82. The summed E-state index contributed by atoms with van der Waals surface area (Å²) in [5.74, 6) is -0.300. The molecule has 114 valence electrons. The standard InChI is InChI=1S/C15H19F2N3O/c1-9(2)15-18-14(21-19-15)8-20(4)10(3)11-5-6-12(16)13(17)7-11/h5-7,9-10H,8H2,1-4H3/t10-/m1/s1. The second kappa shape index (κ2) is 6.30. The van der Waals surface area contributed by atoms with Crippen molar-refractivity contribution in [2.45, 2.75) is 39.3 Å². The van der Waals surface area contributed by atoms with Crippen molar-refractivity contribution in [2.75, 3.05) is 7.05 Å². The maximum Gasteiger partial charge on any atom is 0.240 e. The van der Waals surface area contributed by atoms with Crippen LogP contribution < -0.4 is 0 Å². The van der Waals surface area contributed by atoms with Crippen LogP contribution in [0, 0.1) is 11.6 Å². The van der Waals surface area contributed by atoms with Crippen molar-refractivity contribution < 1.29 is 13.3 Å². The van der Waals surface area contributed by atoms with Gasteiger partial charge < -0.3 is 4.52 Å². The fourth-order valence-corrected chi connectivity index (χ4v) is 1.94. The highest BCUT2D eigenvalue weighted by Gasteiger charge is 2.17. The first-order chi connectivity index (χ1) is 9.88. The van der Waals surface area contributed by atoms with E-state index in [1.807, 2.05) is 32.7 Å². The van der Waals surface area contributed by atoms with E-state index in [-0.39, 0.29) is 12.0 Å². The third kappa shape index (κ3) is 3.64. The van der Waals surface area contributed by atoms with Gasteiger partial charge in [0.25, 0.3) is 0 Å². The molecule has 1 heterocycles. The number of hydrogen-bond donors (Lipinski definition) is 0. The summed E-state index contributed by atoms with van der Waals surface area (Å²) < 4.78 is 31.4. The van der Waals surface area contributed by atoms with Gasteiger partial charge in [-0.15, -0.1) is 0 Å². The summed E-state index contributed by atoms with van der Waals surface area (Å²) in [4.78, 5) is 6.24. The van der Waals surface area contributed by atoms with Crippen LogP contribution in [0.4, 0.5) is 8.78 Å². The van der Waals surface area contributed by atoms with Gasteiger partial charge in [-0.05, 0) is 31.7 Å². The average Bonchev–Trinajstić information content (AvgIpc) is 2.89. The van der Waals surface area contributed by atoms with E-state index in [0.717, 1.165) is 6.07 Å². The number of hydrogen-bond acceptors (Lipinski definition) is 4. The van der Waals surface area contributed by atoms with Crippen LogP contribution in [0.2, 0.25) is 0 Å². The van der Waals surface area contributed by atoms with Gasteiger partial charge in [0.2, 0.25) is 5.89 Å². The maximum atomic E-state index is 13.3. The van der Waals surface area contributed by atoms with E-state index >= 15 is 0 Å². The molecule has 1 atom stereocenters. The largest absolute Gasteiger partial charge is 0.338 e. The average molecular weight is 295 g/mol. The Morgan fingerprint density at radius 3 is 2.48 bits per heavy atom. The van der Waals surface area contributed by atoms with Crippen LogP contribution in [0.3, 0.4) is 0 Å². The van der Waals surface area contributed by atoms with Crippen LogP contribution in [-0.2, 0) is 6.54 Å². The molecule has 2 rings (SSSR count). The minimum atomic E-state index is -0.841. The van der Waals surface area contributed by atoms with Gasteiger partial charge in [0, 0.05) is 12.0 Å². The number of benzene rings is 1. The van der Waals surface area contributed by atoms with Gasteiger partial charge in [-0.3, -0.25) is 4.90 Å². The molecule has 1 aromatic heterocycles. The summed E-state index contributed by atoms with van der Waals surface area (Å²) in [6.45, 7) is 6.33. The molecule has 0 saturated carbocycles. The smallest absolute Gasteiger partial charge is 0.240 e. The lowest BCUT2D eigenvalue weighted by Gasteiger charge is -2.23. The Kier molecular flexibility index (Phi) is 4.67. The number of halogens is 2. The van der Waals surface area contributed by atoms with Crippen molar-refractivity contribution in [3.8, 4) is 0 Å². The van der Waals surface area contributed by atoms with Crippen LogP contribution in [-0.4, -0.2) is 22.1 Å². The van der Waals surface area contributed by atoms with Gasteiger partial charge in [0.15, 0.2) is 17.5 Å². The summed E-state index contributed by atoms with van der Waals surface area (Å²) >= 11 is 0. The highest BCUT2D eigenvalue weighted by Crippen LogP contribution is 2.22. The second-order valence-corrected chi connectivity index (χ2v) is 5.47. The molecule has 0 aliphatic rings. The first-order valence-corrected chi connectivity index (χ1v) is 6.86. The predicted molar refractivity (Wildman–Crippen MR) is 74.6 cm³/mol. The molecule has 0 aliphatic heterocycles. The molecule has 6 heteroatoms. The Balaban J connectivity index is 2.07. The van der Waals surface area contributed by atoms with E-state index in [2.05, 4.69) is 10.1 Å². The minimum Gasteiger partial charge on any atom is -0.338 e. The molecule has 0 amide bonds. The van der Waals surface area contributed by atoms with E-state index in [4.69, 9.17) is 4.52 Å². The number of rotatable bonds is 5. The van der Waals surface area contributed by atoms with Gasteiger partial charge in [-0.2, -0.15) is 4.98 Å². The molecule has 0 fully saturated rings. The lowest BCUT2D eigenvalue weighted by Crippen LogP contribution is -2.22. The van der Waals surface area contributed by atoms with Crippen LogP contribution in [0.1, 0.15) is 50.0 Å². The Bertz CT molecular complexity index is 613. The lowest BCUT2D eigenvalue weighted by molar-refractivity contribution is 0.215. The van der Waals surface area contributed by atoms with Gasteiger partial charge in [0.05, 0.1) is 6.54 Å². The monoisotopic (exact) mass is 295 g/mol. The van der Waals surface area contributed by atoms with Gasteiger partial charge in [-0.1, -0.05) is 25.1 Å². The zero-order chi connectivity index (χ0) is 15.6. The Hall–Kier alpha value is -1.82. The summed E-state index contributed by atoms with van der Waals surface area (Å²) in [7, 11) is 1.87. The van der Waals surface area contributed by atoms with Gasteiger partial charge in [0.1, 0.15) is 0 Å². The van der Waals surface area contributed by atoms with E-state index in [1.165, 1.54) is 6.07 Å². The molecule has 0 radical (unpaired) electrons. The third-order valence-electron chi connectivity index (χ3n) is 3.47. The molecule has 0 bridgehead atoms. The molecule has 0 saturated heterocycles. The molecular weight excluding hydrogens is 276 g/mol. The van der Waals surface area contributed by atoms with Crippen molar-refractivity contribution in [3.63, 3.8) is 0 Å². The van der Waals surface area contributed by atoms with Crippen molar-refractivity contribution in [1.82, 2.24) is 15.0 Å². The number of aromatic nitrogens is 2. The van der Waals surface area contributed by atoms with E-state index < -0.39 is 11.6 Å². The first kappa shape index (κ1) is 15.6. The fourth-order valence-electron chi connectivity index (χ4n) is 1.94. The fraction of sp³-hybridized carbons (Fsp3) is 0.467. The van der Waals surface area contributed by atoms with Gasteiger partial charge >= 0.3 is 0 Å². The Morgan fingerprint density at radius 1 is 1.19 bits per heavy atom. The zero-order valence-electron chi connectivity index (χ0n) is 12.6. The van der Waals surface area contributed by atoms with Crippen LogP contribution in [0.5, 0.6) is 0 Å². The van der Waals surface area contributed by atoms with E-state index in [9.17, 15) is 8.78 Å². The highest BCUT2D eigenvalue weighted by atomic mass is 19.2. The summed E-state index contributed by atoms with van der Waals surface area (Å²) in [6.07, 6.45) is 0. The maximum absolute atomic E-state index is 13.3. The molecule has 21 heavy (non-hydrogen) atoms. The molecule has 0 N–H and O–H groups in total. The van der Waals surface area contributed by atoms with Crippen molar-refractivity contribution in [1.29, 1.82) is 0 Å². The Morgan fingerprint density at radius 2 is 1.90 bits per heavy atom. The summed E-state index contributed by atoms with van der Waals surface area (Å²) in [5, 5.41) is 3.90. The SMILES string of the molecule is CC(C)c1noc(CN(C)[C@H](C)c2ccc(F)c(F)c2)n1. The zero-order valence-corrected chi connectivity index (χ0v) is 12.6. The van der Waals surface area contributed by atoms with Crippen molar-refractivity contribution in [3.05, 3.63) is 47.1 Å². The van der Waals surface area contributed by atoms with Crippen LogP contribution in [0.25, 0.3) is 0 Å². The Labute approximate surface area is 122 Å². The number of nitrogens with zero attached hydrogens (tertiary/aromatic N) is 3. The molecular formula is C15H19F2N3O. The van der Waals surface area contributed by atoms with Crippen LogP contribution >= 0.6 is 0 Å². The lowest BCUT2D eigenvalue weighted by atomic mass is 10.1. The normalized spacial score (nSPS) is 13.1. The van der Waals surface area contributed by atoms with E-state index in [1.54, 1.807) is 6.07 Å². The molecule has 1 aromatic carbocycles. The molecule has 4 nitrogen and oxygen atoms in total. The van der Waals surface area contributed by atoms with Gasteiger partial charge in [-0.25, -0.2) is 8.78 Å². The molecule has 0 unspecified atom stereocenters. The van der Waals surface area contributed by atoms with Crippen molar-refractivity contribution >= 4 is 0 Å². The summed E-state index contributed by atoms with van der Waals surface area (Å²) in [5.41, 5.74) is 0.694. The highest BCUT2D eigenvalue weighted by molar-refractivity contribution is 5.20. The second-order valence-electron chi connectivity index (χ2n) is 5.47. The van der Waals surface area contributed by atoms with E-state index in [0.29, 0.717) is 23.8 Å². The minimum absolute atomic E-state index is 0.102. The first-order valence-electron chi connectivity index (χ1n) is 6.86. The molecule has 0 spiro atoms. The quantitative estimate of drug-likeness (QED) is 0.844. The third-order valence-corrected chi connectivity index (χ3v) is 3.47.